The Balaban J connectivity index is 2.35. The lowest BCUT2D eigenvalue weighted by Gasteiger charge is -2.02. The molecule has 0 unspecified atom stereocenters. The average molecular weight is 333 g/mol. The number of para-hydroxylation sites is 1. The molecular formula is C15H12IN. The van der Waals surface area contributed by atoms with E-state index in [-0.39, 0.29) is 0 Å². The molecule has 3 rings (SSSR count). The summed E-state index contributed by atoms with van der Waals surface area (Å²) in [4.78, 5) is 0. The van der Waals surface area contributed by atoms with Gasteiger partial charge in [-0.15, -0.1) is 0 Å². The Bertz CT molecular complexity index is 682. The molecule has 1 heterocycles. The first-order valence-electron chi connectivity index (χ1n) is 5.56. The van der Waals surface area contributed by atoms with Gasteiger partial charge in [-0.1, -0.05) is 36.4 Å². The summed E-state index contributed by atoms with van der Waals surface area (Å²) in [5.41, 5.74) is 3.90. The van der Waals surface area contributed by atoms with E-state index in [9.17, 15) is 0 Å². The molecule has 0 radical (unpaired) electrons. The molecule has 0 amide bonds. The quantitative estimate of drug-likeness (QED) is 0.580. The van der Waals surface area contributed by atoms with E-state index in [0.29, 0.717) is 0 Å². The molecule has 0 fully saturated rings. The maximum absolute atomic E-state index is 2.40. The zero-order valence-corrected chi connectivity index (χ0v) is 11.7. The van der Waals surface area contributed by atoms with Gasteiger partial charge in [-0.2, -0.15) is 0 Å². The second kappa shape index (κ2) is 4.18. The first kappa shape index (κ1) is 10.8. The summed E-state index contributed by atoms with van der Waals surface area (Å²) in [6, 6.07) is 17.0. The van der Waals surface area contributed by atoms with Crippen molar-refractivity contribution in [3.63, 3.8) is 0 Å². The number of nitrogens with zero attached hydrogens (tertiary/aromatic N) is 1. The van der Waals surface area contributed by atoms with Gasteiger partial charge >= 0.3 is 0 Å². The summed E-state index contributed by atoms with van der Waals surface area (Å²) >= 11 is 2.40. The third-order valence-corrected chi connectivity index (χ3v) is 4.00. The van der Waals surface area contributed by atoms with Gasteiger partial charge in [0.25, 0.3) is 0 Å². The zero-order chi connectivity index (χ0) is 11.8. The van der Waals surface area contributed by atoms with Crippen molar-refractivity contribution in [2.75, 3.05) is 0 Å². The highest BCUT2D eigenvalue weighted by atomic mass is 127. The Morgan fingerprint density at radius 3 is 2.41 bits per heavy atom. The van der Waals surface area contributed by atoms with E-state index in [0.717, 1.165) is 0 Å². The van der Waals surface area contributed by atoms with Crippen LogP contribution in [-0.2, 0) is 7.05 Å². The smallest absolute Gasteiger partial charge is 0.0484 e. The third kappa shape index (κ3) is 1.76. The van der Waals surface area contributed by atoms with E-state index in [4.69, 9.17) is 0 Å². The minimum absolute atomic E-state index is 1.28. The van der Waals surface area contributed by atoms with Crippen LogP contribution in [0.3, 0.4) is 0 Å². The Morgan fingerprint density at radius 1 is 0.882 bits per heavy atom. The molecule has 0 saturated heterocycles. The van der Waals surface area contributed by atoms with E-state index in [2.05, 4.69) is 88.9 Å². The van der Waals surface area contributed by atoms with Gasteiger partial charge in [-0.25, -0.2) is 0 Å². The average Bonchev–Trinajstić information content (AvgIpc) is 2.68. The summed E-state index contributed by atoms with van der Waals surface area (Å²) in [6.07, 6.45) is 2.21. The van der Waals surface area contributed by atoms with Crippen molar-refractivity contribution in [3.05, 3.63) is 58.3 Å². The number of rotatable bonds is 1. The van der Waals surface area contributed by atoms with Gasteiger partial charge < -0.3 is 4.57 Å². The molecule has 0 saturated carbocycles. The van der Waals surface area contributed by atoms with Crippen LogP contribution in [0.15, 0.2) is 54.7 Å². The highest BCUT2D eigenvalue weighted by Gasteiger charge is 2.09. The topological polar surface area (TPSA) is 4.93 Å². The molecule has 0 aliphatic heterocycles. The van der Waals surface area contributed by atoms with Crippen molar-refractivity contribution in [2.45, 2.75) is 0 Å². The van der Waals surface area contributed by atoms with E-state index in [1.807, 2.05) is 0 Å². The molecular weight excluding hydrogens is 321 g/mol. The minimum Gasteiger partial charge on any atom is -0.350 e. The Labute approximate surface area is 114 Å². The first-order chi connectivity index (χ1) is 8.27. The zero-order valence-electron chi connectivity index (χ0n) is 9.52. The van der Waals surface area contributed by atoms with Gasteiger partial charge in [0.05, 0.1) is 0 Å². The summed E-state index contributed by atoms with van der Waals surface area (Å²) in [7, 11) is 2.10. The van der Waals surface area contributed by atoms with E-state index < -0.39 is 0 Å². The van der Waals surface area contributed by atoms with Crippen molar-refractivity contribution in [2.24, 2.45) is 7.05 Å². The Kier molecular flexibility index (Phi) is 2.67. The SMILES string of the molecule is Cn1cc(-c2ccccc2I)c2ccccc21. The van der Waals surface area contributed by atoms with Gasteiger partial charge in [-0.3, -0.25) is 0 Å². The van der Waals surface area contributed by atoms with Crippen LogP contribution in [0, 0.1) is 3.57 Å². The van der Waals surface area contributed by atoms with E-state index >= 15 is 0 Å². The summed E-state index contributed by atoms with van der Waals surface area (Å²) in [5, 5.41) is 1.32. The number of halogens is 1. The van der Waals surface area contributed by atoms with Crippen LogP contribution in [0.4, 0.5) is 0 Å². The summed E-state index contributed by atoms with van der Waals surface area (Å²) in [6.45, 7) is 0. The van der Waals surface area contributed by atoms with Crippen LogP contribution in [0.25, 0.3) is 22.0 Å². The minimum atomic E-state index is 1.28. The number of hydrogen-bond donors (Lipinski definition) is 0. The van der Waals surface area contributed by atoms with E-state index in [1.54, 1.807) is 0 Å². The van der Waals surface area contributed by atoms with Gasteiger partial charge in [-0.05, 0) is 40.3 Å². The molecule has 1 nitrogen and oxygen atoms in total. The first-order valence-corrected chi connectivity index (χ1v) is 6.64. The van der Waals surface area contributed by atoms with Crippen LogP contribution in [0.5, 0.6) is 0 Å². The molecule has 0 aliphatic carbocycles. The molecule has 2 heteroatoms. The molecule has 3 aromatic rings. The van der Waals surface area contributed by atoms with Gasteiger partial charge in [0.15, 0.2) is 0 Å². The highest BCUT2D eigenvalue weighted by molar-refractivity contribution is 14.1. The molecule has 0 spiro atoms. The van der Waals surface area contributed by atoms with Crippen LogP contribution in [0.1, 0.15) is 0 Å². The maximum atomic E-state index is 2.40. The lowest BCUT2D eigenvalue weighted by atomic mass is 10.1. The molecule has 1 aromatic heterocycles. The fourth-order valence-electron chi connectivity index (χ4n) is 2.24. The maximum Gasteiger partial charge on any atom is 0.0484 e. The number of hydrogen-bond acceptors (Lipinski definition) is 0. The molecule has 17 heavy (non-hydrogen) atoms. The van der Waals surface area contributed by atoms with Crippen molar-refractivity contribution < 1.29 is 0 Å². The van der Waals surface area contributed by atoms with E-state index in [1.165, 1.54) is 25.6 Å². The Hall–Kier alpha value is -1.29. The van der Waals surface area contributed by atoms with Crippen molar-refractivity contribution in [3.8, 4) is 11.1 Å². The second-order valence-corrected chi connectivity index (χ2v) is 5.31. The lowest BCUT2D eigenvalue weighted by Crippen LogP contribution is -1.82. The fraction of sp³-hybridized carbons (Fsp3) is 0.0667. The van der Waals surface area contributed by atoms with Crippen LogP contribution < -0.4 is 0 Å². The van der Waals surface area contributed by atoms with Crippen molar-refractivity contribution >= 4 is 33.5 Å². The number of benzene rings is 2. The Morgan fingerprint density at radius 2 is 1.59 bits per heavy atom. The normalized spacial score (nSPS) is 10.9. The largest absolute Gasteiger partial charge is 0.350 e. The van der Waals surface area contributed by atoms with Gasteiger partial charge in [0.2, 0.25) is 0 Å². The fourth-order valence-corrected chi connectivity index (χ4v) is 2.91. The predicted molar refractivity (Wildman–Crippen MR) is 81.1 cm³/mol. The van der Waals surface area contributed by atoms with Gasteiger partial charge in [0.1, 0.15) is 0 Å². The van der Waals surface area contributed by atoms with Crippen LogP contribution in [-0.4, -0.2) is 4.57 Å². The monoisotopic (exact) mass is 333 g/mol. The van der Waals surface area contributed by atoms with Crippen molar-refractivity contribution in [1.29, 1.82) is 0 Å². The number of aromatic nitrogens is 1. The van der Waals surface area contributed by atoms with Crippen molar-refractivity contribution in [1.82, 2.24) is 4.57 Å². The summed E-state index contributed by atoms with van der Waals surface area (Å²) in [5.74, 6) is 0. The van der Waals surface area contributed by atoms with Crippen LogP contribution in [0.2, 0.25) is 0 Å². The standard InChI is InChI=1S/C15H12IN/c1-17-10-13(11-6-2-4-8-14(11)16)12-7-3-5-9-15(12)17/h2-10H,1H3. The molecule has 0 bridgehead atoms. The summed E-state index contributed by atoms with van der Waals surface area (Å²) < 4.78 is 3.48. The number of aryl methyl sites for hydroxylation is 1. The second-order valence-electron chi connectivity index (χ2n) is 4.15. The number of fused-ring (bicyclic) bond motifs is 1. The third-order valence-electron chi connectivity index (χ3n) is 3.06. The molecule has 84 valence electrons. The van der Waals surface area contributed by atoms with Gasteiger partial charge in [0, 0.05) is 33.3 Å². The lowest BCUT2D eigenvalue weighted by molar-refractivity contribution is 0.970. The molecule has 0 N–H and O–H groups in total. The molecule has 0 atom stereocenters. The highest BCUT2D eigenvalue weighted by Crippen LogP contribution is 2.32. The molecule has 0 aliphatic rings. The molecule has 2 aromatic carbocycles. The van der Waals surface area contributed by atoms with Crippen LogP contribution >= 0.6 is 22.6 Å². The predicted octanol–water partition coefficient (Wildman–Crippen LogP) is 4.45.